The van der Waals surface area contributed by atoms with Gasteiger partial charge in [-0.2, -0.15) is 0 Å². The number of anilines is 2. The van der Waals surface area contributed by atoms with Crippen LogP contribution in [0, 0.1) is 0 Å². The fourth-order valence-electron chi connectivity index (χ4n) is 1.62. The molecule has 0 aliphatic carbocycles. The van der Waals surface area contributed by atoms with Crippen LogP contribution in [0.3, 0.4) is 0 Å². The molecule has 1 aromatic rings. The molecule has 0 radical (unpaired) electrons. The number of nitrogens with two attached hydrogens (primary N) is 2. The lowest BCUT2D eigenvalue weighted by Crippen LogP contribution is -2.46. The zero-order valence-electron chi connectivity index (χ0n) is 9.11. The van der Waals surface area contributed by atoms with Crippen LogP contribution in [0.4, 0.5) is 11.6 Å². The smallest absolute Gasteiger partial charge is 0.276 e. The third-order valence-corrected chi connectivity index (χ3v) is 2.79. The van der Waals surface area contributed by atoms with Gasteiger partial charge in [0, 0.05) is 26.2 Å². The summed E-state index contributed by atoms with van der Waals surface area (Å²) in [7, 11) is 0. The van der Waals surface area contributed by atoms with Crippen molar-refractivity contribution < 1.29 is 4.79 Å². The predicted octanol–water partition coefficient (Wildman–Crippen LogP) is -0.660. The van der Waals surface area contributed by atoms with E-state index in [2.05, 4.69) is 15.3 Å². The van der Waals surface area contributed by atoms with E-state index in [0.717, 1.165) is 13.1 Å². The van der Waals surface area contributed by atoms with Crippen molar-refractivity contribution in [3.63, 3.8) is 0 Å². The van der Waals surface area contributed by atoms with Crippen molar-refractivity contribution >= 4 is 29.1 Å². The van der Waals surface area contributed by atoms with Crippen LogP contribution in [-0.2, 0) is 0 Å². The summed E-state index contributed by atoms with van der Waals surface area (Å²) < 4.78 is 0. The highest BCUT2D eigenvalue weighted by Gasteiger charge is 2.23. The molecule has 1 amide bonds. The summed E-state index contributed by atoms with van der Waals surface area (Å²) in [4.78, 5) is 21.4. The van der Waals surface area contributed by atoms with Crippen LogP contribution in [-0.4, -0.2) is 47.0 Å². The fourth-order valence-corrected chi connectivity index (χ4v) is 1.74. The summed E-state index contributed by atoms with van der Waals surface area (Å²) in [6, 6.07) is 0. The molecule has 8 heteroatoms. The minimum atomic E-state index is -0.265. The number of nitrogen functional groups attached to an aromatic ring is 2. The molecular weight excluding hydrogens is 244 g/mol. The lowest BCUT2D eigenvalue weighted by molar-refractivity contribution is 0.0730. The Bertz CT molecular complexity index is 445. The van der Waals surface area contributed by atoms with Gasteiger partial charge in [0.25, 0.3) is 5.91 Å². The van der Waals surface area contributed by atoms with Gasteiger partial charge in [0.15, 0.2) is 22.5 Å². The van der Waals surface area contributed by atoms with E-state index >= 15 is 0 Å². The molecule has 1 aliphatic heterocycles. The first-order valence-electron chi connectivity index (χ1n) is 5.18. The Hall–Kier alpha value is -1.60. The van der Waals surface area contributed by atoms with Crippen molar-refractivity contribution in [3.8, 4) is 0 Å². The van der Waals surface area contributed by atoms with Gasteiger partial charge in [-0.05, 0) is 0 Å². The van der Waals surface area contributed by atoms with Gasteiger partial charge in [-0.25, -0.2) is 9.97 Å². The van der Waals surface area contributed by atoms with Crippen LogP contribution in [0.5, 0.6) is 0 Å². The van der Waals surface area contributed by atoms with E-state index in [9.17, 15) is 4.79 Å². The second-order valence-electron chi connectivity index (χ2n) is 3.68. The first-order chi connectivity index (χ1) is 8.09. The van der Waals surface area contributed by atoms with Crippen molar-refractivity contribution in [2.45, 2.75) is 0 Å². The maximum atomic E-state index is 12.1. The molecule has 1 aromatic heterocycles. The number of amides is 1. The van der Waals surface area contributed by atoms with Crippen LogP contribution < -0.4 is 16.8 Å². The number of carbonyl (C=O) groups excluding carboxylic acids is 1. The number of hydrogen-bond donors (Lipinski definition) is 3. The van der Waals surface area contributed by atoms with E-state index in [-0.39, 0.29) is 28.4 Å². The third kappa shape index (κ3) is 2.40. The minimum Gasteiger partial charge on any atom is -0.382 e. The average molecular weight is 257 g/mol. The van der Waals surface area contributed by atoms with E-state index in [1.165, 1.54) is 0 Å². The highest BCUT2D eigenvalue weighted by atomic mass is 35.5. The molecule has 0 saturated carbocycles. The molecule has 0 atom stereocenters. The lowest BCUT2D eigenvalue weighted by atomic mass is 10.3. The molecule has 2 heterocycles. The standard InChI is InChI=1S/C9H13ClN6O/c10-6-8(12)15-7(11)5(14-6)9(17)16-3-1-13-2-4-16/h13H,1-4H2,(H4,11,12,15). The second-order valence-corrected chi connectivity index (χ2v) is 4.03. The molecule has 0 unspecified atom stereocenters. The molecule has 2 rings (SSSR count). The molecule has 17 heavy (non-hydrogen) atoms. The quantitative estimate of drug-likeness (QED) is 0.615. The maximum absolute atomic E-state index is 12.1. The largest absolute Gasteiger partial charge is 0.382 e. The Balaban J connectivity index is 2.26. The van der Waals surface area contributed by atoms with E-state index in [0.29, 0.717) is 13.1 Å². The van der Waals surface area contributed by atoms with Gasteiger partial charge in [0.2, 0.25) is 0 Å². The highest BCUT2D eigenvalue weighted by molar-refractivity contribution is 6.31. The van der Waals surface area contributed by atoms with E-state index < -0.39 is 0 Å². The Labute approximate surface area is 103 Å². The Morgan fingerprint density at radius 2 is 1.88 bits per heavy atom. The molecule has 92 valence electrons. The summed E-state index contributed by atoms with van der Waals surface area (Å²) in [5.41, 5.74) is 11.1. The Kier molecular flexibility index (Phi) is 3.30. The van der Waals surface area contributed by atoms with Crippen molar-refractivity contribution in [1.82, 2.24) is 20.2 Å². The van der Waals surface area contributed by atoms with Crippen LogP contribution >= 0.6 is 11.6 Å². The van der Waals surface area contributed by atoms with Gasteiger partial charge < -0.3 is 21.7 Å². The van der Waals surface area contributed by atoms with Crippen molar-refractivity contribution in [3.05, 3.63) is 10.8 Å². The second kappa shape index (κ2) is 4.72. The molecule has 1 saturated heterocycles. The minimum absolute atomic E-state index is 0.00214. The number of carbonyl (C=O) groups is 1. The highest BCUT2D eigenvalue weighted by Crippen LogP contribution is 2.18. The average Bonchev–Trinajstić information content (AvgIpc) is 2.34. The molecular formula is C9H13ClN6O. The maximum Gasteiger partial charge on any atom is 0.276 e. The van der Waals surface area contributed by atoms with Gasteiger partial charge in [-0.3, -0.25) is 4.79 Å². The first-order valence-corrected chi connectivity index (χ1v) is 5.56. The summed E-state index contributed by atoms with van der Waals surface area (Å²) in [5.74, 6) is -0.227. The van der Waals surface area contributed by atoms with Crippen molar-refractivity contribution in [2.75, 3.05) is 37.6 Å². The zero-order valence-corrected chi connectivity index (χ0v) is 9.87. The van der Waals surface area contributed by atoms with Crippen LogP contribution in [0.2, 0.25) is 5.15 Å². The van der Waals surface area contributed by atoms with Crippen LogP contribution in [0.25, 0.3) is 0 Å². The summed E-state index contributed by atoms with van der Waals surface area (Å²) in [6.07, 6.45) is 0. The Morgan fingerprint density at radius 1 is 1.24 bits per heavy atom. The zero-order chi connectivity index (χ0) is 12.4. The number of rotatable bonds is 1. The van der Waals surface area contributed by atoms with Crippen LogP contribution in [0.1, 0.15) is 10.5 Å². The van der Waals surface area contributed by atoms with Crippen LogP contribution in [0.15, 0.2) is 0 Å². The SMILES string of the molecule is Nc1nc(N)c(C(=O)N2CCNCC2)nc1Cl. The van der Waals surface area contributed by atoms with Gasteiger partial charge in [-0.15, -0.1) is 0 Å². The van der Waals surface area contributed by atoms with E-state index in [1.54, 1.807) is 4.90 Å². The summed E-state index contributed by atoms with van der Waals surface area (Å²) >= 11 is 5.73. The molecule has 5 N–H and O–H groups in total. The number of piperazine rings is 1. The molecule has 1 fully saturated rings. The van der Waals surface area contributed by atoms with Gasteiger partial charge in [-0.1, -0.05) is 11.6 Å². The first kappa shape index (κ1) is 11.9. The number of halogens is 1. The van der Waals surface area contributed by atoms with Crippen molar-refractivity contribution in [2.24, 2.45) is 0 Å². The predicted molar refractivity (Wildman–Crippen MR) is 64.6 cm³/mol. The molecule has 1 aliphatic rings. The number of nitrogens with one attached hydrogen (secondary N) is 1. The summed E-state index contributed by atoms with van der Waals surface area (Å²) in [5, 5.41) is 3.15. The normalized spacial score (nSPS) is 15.9. The summed E-state index contributed by atoms with van der Waals surface area (Å²) in [6.45, 7) is 2.73. The molecule has 0 aromatic carbocycles. The Morgan fingerprint density at radius 3 is 2.53 bits per heavy atom. The van der Waals surface area contributed by atoms with E-state index in [1.807, 2.05) is 0 Å². The lowest BCUT2D eigenvalue weighted by Gasteiger charge is -2.27. The molecule has 0 spiro atoms. The number of hydrogen-bond acceptors (Lipinski definition) is 6. The van der Waals surface area contributed by atoms with Gasteiger partial charge >= 0.3 is 0 Å². The number of nitrogens with zero attached hydrogens (tertiary/aromatic N) is 3. The molecule has 7 nitrogen and oxygen atoms in total. The molecule has 0 bridgehead atoms. The van der Waals surface area contributed by atoms with E-state index in [4.69, 9.17) is 23.1 Å². The van der Waals surface area contributed by atoms with Gasteiger partial charge in [0.05, 0.1) is 0 Å². The van der Waals surface area contributed by atoms with Gasteiger partial charge in [0.1, 0.15) is 0 Å². The topological polar surface area (TPSA) is 110 Å². The monoisotopic (exact) mass is 256 g/mol. The van der Waals surface area contributed by atoms with Crippen molar-refractivity contribution in [1.29, 1.82) is 0 Å². The number of aromatic nitrogens is 2. The third-order valence-electron chi connectivity index (χ3n) is 2.51. The fraction of sp³-hybridized carbons (Fsp3) is 0.444.